The van der Waals surface area contributed by atoms with Crippen molar-refractivity contribution in [2.24, 2.45) is 5.92 Å². The summed E-state index contributed by atoms with van der Waals surface area (Å²) >= 11 is 0. The van der Waals surface area contributed by atoms with Crippen LogP contribution in [-0.2, 0) is 10.0 Å². The van der Waals surface area contributed by atoms with Crippen LogP contribution in [0.3, 0.4) is 0 Å². The number of hydrogen-bond acceptors (Lipinski definition) is 4. The van der Waals surface area contributed by atoms with E-state index in [4.69, 9.17) is 5.26 Å². The molecule has 3 aromatic rings. The highest BCUT2D eigenvalue weighted by Crippen LogP contribution is 2.49. The fourth-order valence-corrected chi connectivity index (χ4v) is 5.02. The van der Waals surface area contributed by atoms with Crippen molar-refractivity contribution in [1.29, 1.82) is 5.26 Å². The smallest absolute Gasteiger partial charge is 0.268 e. The molecule has 132 valence electrons. The van der Waals surface area contributed by atoms with Crippen LogP contribution in [-0.4, -0.2) is 24.1 Å². The quantitative estimate of drug-likeness (QED) is 0.769. The zero-order valence-corrected chi connectivity index (χ0v) is 15.1. The number of hydrogen-bond donors (Lipinski definition) is 1. The minimum atomic E-state index is -3.77. The monoisotopic (exact) mass is 366 g/mol. The lowest BCUT2D eigenvalue weighted by Gasteiger charge is -2.12. The molecular formula is C20H18N2O3S. The van der Waals surface area contributed by atoms with Crippen LogP contribution >= 0.6 is 0 Å². The molecule has 0 radical (unpaired) electrons. The van der Waals surface area contributed by atoms with E-state index in [1.165, 1.54) is 3.97 Å². The first-order valence-corrected chi connectivity index (χ1v) is 9.88. The van der Waals surface area contributed by atoms with E-state index >= 15 is 0 Å². The Bertz CT molecular complexity index is 1140. The molecule has 5 nitrogen and oxygen atoms in total. The zero-order valence-electron chi connectivity index (χ0n) is 14.3. The van der Waals surface area contributed by atoms with Crippen LogP contribution in [0, 0.1) is 24.2 Å². The largest absolute Gasteiger partial charge is 0.396 e. The first kappa shape index (κ1) is 16.8. The van der Waals surface area contributed by atoms with Crippen molar-refractivity contribution in [3.8, 4) is 6.07 Å². The highest BCUT2D eigenvalue weighted by molar-refractivity contribution is 7.90. The molecule has 1 N–H and O–H groups in total. The molecule has 1 aliphatic carbocycles. The highest BCUT2D eigenvalue weighted by atomic mass is 32.2. The first-order valence-electron chi connectivity index (χ1n) is 8.44. The third-order valence-electron chi connectivity index (χ3n) is 5.01. The number of fused-ring (bicyclic) bond motifs is 1. The van der Waals surface area contributed by atoms with E-state index in [9.17, 15) is 13.5 Å². The van der Waals surface area contributed by atoms with Gasteiger partial charge in [0.15, 0.2) is 0 Å². The summed E-state index contributed by atoms with van der Waals surface area (Å²) in [4.78, 5) is 0.229. The molecule has 2 aromatic carbocycles. The van der Waals surface area contributed by atoms with E-state index in [2.05, 4.69) is 6.07 Å². The summed E-state index contributed by atoms with van der Waals surface area (Å²) in [6, 6.07) is 15.7. The number of nitriles is 1. The number of nitrogens with zero attached hydrogens (tertiary/aromatic N) is 2. The van der Waals surface area contributed by atoms with Crippen LogP contribution < -0.4 is 0 Å². The molecule has 4 rings (SSSR count). The molecule has 0 amide bonds. The van der Waals surface area contributed by atoms with Crippen molar-refractivity contribution >= 4 is 20.9 Å². The third kappa shape index (κ3) is 2.61. The Morgan fingerprint density at radius 3 is 2.54 bits per heavy atom. The lowest BCUT2D eigenvalue weighted by molar-refractivity contribution is 0.273. The minimum Gasteiger partial charge on any atom is -0.396 e. The molecule has 1 fully saturated rings. The molecule has 0 aliphatic heterocycles. The molecule has 2 atom stereocenters. The van der Waals surface area contributed by atoms with Crippen LogP contribution in [0.4, 0.5) is 0 Å². The zero-order chi connectivity index (χ0) is 18.5. The molecule has 0 bridgehead atoms. The lowest BCUT2D eigenvalue weighted by Crippen LogP contribution is -2.15. The maximum Gasteiger partial charge on any atom is 0.268 e. The summed E-state index contributed by atoms with van der Waals surface area (Å²) in [7, 11) is -3.77. The van der Waals surface area contributed by atoms with E-state index in [0.29, 0.717) is 16.8 Å². The van der Waals surface area contributed by atoms with Crippen LogP contribution in [0.2, 0.25) is 0 Å². The number of aliphatic hydroxyl groups is 1. The van der Waals surface area contributed by atoms with Gasteiger partial charge < -0.3 is 5.11 Å². The van der Waals surface area contributed by atoms with E-state index < -0.39 is 10.0 Å². The molecule has 1 heterocycles. The van der Waals surface area contributed by atoms with Gasteiger partial charge in [0.2, 0.25) is 0 Å². The molecule has 0 unspecified atom stereocenters. The maximum absolute atomic E-state index is 13.4. The van der Waals surface area contributed by atoms with E-state index in [1.54, 1.807) is 42.5 Å². The number of rotatable bonds is 4. The van der Waals surface area contributed by atoms with E-state index in [1.807, 2.05) is 13.0 Å². The van der Waals surface area contributed by atoms with Crippen molar-refractivity contribution in [3.05, 3.63) is 65.4 Å². The summed E-state index contributed by atoms with van der Waals surface area (Å²) < 4.78 is 28.1. The number of aromatic nitrogens is 1. The topological polar surface area (TPSA) is 83.1 Å². The predicted molar refractivity (Wildman–Crippen MR) is 98.3 cm³/mol. The van der Waals surface area contributed by atoms with Crippen molar-refractivity contribution in [2.45, 2.75) is 24.2 Å². The average Bonchev–Trinajstić information content (AvgIpc) is 3.33. The van der Waals surface area contributed by atoms with Gasteiger partial charge in [0, 0.05) is 23.6 Å². The Kier molecular flexibility index (Phi) is 3.87. The normalized spacial score (nSPS) is 19.4. The Morgan fingerprint density at radius 2 is 1.92 bits per heavy atom. The molecule has 0 saturated heterocycles. The van der Waals surface area contributed by atoms with Crippen molar-refractivity contribution in [3.63, 3.8) is 0 Å². The summed E-state index contributed by atoms with van der Waals surface area (Å²) in [6.07, 6.45) is 0.765. The molecular weight excluding hydrogens is 348 g/mol. The highest BCUT2D eigenvalue weighted by Gasteiger charge is 2.42. The second-order valence-electron chi connectivity index (χ2n) is 6.82. The number of benzene rings is 2. The SMILES string of the molecule is Cc1ccc(S(=O)(=O)n2c([C@H]3C[C@H]3CO)cc3cc(C#N)ccc32)cc1. The Hall–Kier alpha value is -2.62. The third-order valence-corrected chi connectivity index (χ3v) is 6.77. The van der Waals surface area contributed by atoms with Gasteiger partial charge in [0.1, 0.15) is 0 Å². The van der Waals surface area contributed by atoms with Gasteiger partial charge in [-0.05, 0) is 55.7 Å². The second-order valence-corrected chi connectivity index (χ2v) is 8.61. The number of aliphatic hydroxyl groups excluding tert-OH is 1. The van der Waals surface area contributed by atoms with E-state index in [-0.39, 0.29) is 23.3 Å². The Balaban J connectivity index is 1.96. The van der Waals surface area contributed by atoms with Gasteiger partial charge in [-0.2, -0.15) is 5.26 Å². The number of aryl methyl sites for hydroxylation is 1. The fraction of sp³-hybridized carbons (Fsp3) is 0.250. The lowest BCUT2D eigenvalue weighted by atomic mass is 10.1. The van der Waals surface area contributed by atoms with Gasteiger partial charge in [-0.3, -0.25) is 0 Å². The maximum atomic E-state index is 13.4. The fourth-order valence-electron chi connectivity index (χ4n) is 3.43. The van der Waals surface area contributed by atoms with Gasteiger partial charge in [-0.25, -0.2) is 12.4 Å². The predicted octanol–water partition coefficient (Wildman–Crippen LogP) is 3.15. The average molecular weight is 366 g/mol. The van der Waals surface area contributed by atoms with Crippen LogP contribution in [0.15, 0.2) is 53.4 Å². The van der Waals surface area contributed by atoms with Gasteiger partial charge >= 0.3 is 0 Å². The summed E-state index contributed by atoms with van der Waals surface area (Å²) in [6.45, 7) is 1.95. The van der Waals surface area contributed by atoms with Crippen LogP contribution in [0.5, 0.6) is 0 Å². The summed E-state index contributed by atoms with van der Waals surface area (Å²) in [5.41, 5.74) is 2.71. The van der Waals surface area contributed by atoms with E-state index in [0.717, 1.165) is 17.4 Å². The van der Waals surface area contributed by atoms with Crippen LogP contribution in [0.25, 0.3) is 10.9 Å². The molecule has 1 aliphatic rings. The van der Waals surface area contributed by atoms with Crippen molar-refractivity contribution in [1.82, 2.24) is 3.97 Å². The van der Waals surface area contributed by atoms with Gasteiger partial charge in [-0.1, -0.05) is 17.7 Å². The molecule has 1 saturated carbocycles. The molecule has 26 heavy (non-hydrogen) atoms. The molecule has 1 aromatic heterocycles. The second kappa shape index (κ2) is 5.97. The van der Waals surface area contributed by atoms with Gasteiger partial charge in [-0.15, -0.1) is 0 Å². The summed E-state index contributed by atoms with van der Waals surface area (Å²) in [5.74, 6) is 0.0971. The first-order chi connectivity index (χ1) is 12.5. The molecule has 0 spiro atoms. The molecule has 6 heteroatoms. The van der Waals surface area contributed by atoms with Gasteiger partial charge in [0.05, 0.1) is 22.0 Å². The van der Waals surface area contributed by atoms with Crippen molar-refractivity contribution in [2.75, 3.05) is 6.61 Å². The minimum absolute atomic E-state index is 0.0122. The van der Waals surface area contributed by atoms with Crippen molar-refractivity contribution < 1.29 is 13.5 Å². The van der Waals surface area contributed by atoms with Gasteiger partial charge in [0.25, 0.3) is 10.0 Å². The summed E-state index contributed by atoms with van der Waals surface area (Å²) in [5, 5.41) is 19.3. The Morgan fingerprint density at radius 1 is 1.19 bits per heavy atom. The standard InChI is InChI=1S/C20H18N2O3S/c1-13-2-5-17(6-3-13)26(24,25)22-19-7-4-14(11-21)8-15(19)10-20(22)18-9-16(18)12-23/h2-8,10,16,18,23H,9,12H2,1H3/t16-,18-/m0/s1. The van der Waals surface area contributed by atoms with Crippen LogP contribution in [0.1, 0.15) is 29.2 Å². The Labute approximate surface area is 152 Å².